The van der Waals surface area contributed by atoms with Gasteiger partial charge in [0.15, 0.2) is 5.94 Å². The van der Waals surface area contributed by atoms with Crippen molar-refractivity contribution in [3.63, 3.8) is 0 Å². The van der Waals surface area contributed by atoms with Crippen LogP contribution in [0.1, 0.15) is 36.0 Å². The van der Waals surface area contributed by atoms with Crippen LogP contribution >= 0.6 is 0 Å². The van der Waals surface area contributed by atoms with Crippen molar-refractivity contribution in [1.82, 2.24) is 0 Å². The smallest absolute Gasteiger partial charge is 0.337 e. The van der Waals surface area contributed by atoms with E-state index in [1.807, 2.05) is 0 Å². The molecule has 0 saturated heterocycles. The molecule has 2 rings (SSSR count). The van der Waals surface area contributed by atoms with Crippen molar-refractivity contribution in [2.45, 2.75) is 36.7 Å². The van der Waals surface area contributed by atoms with E-state index in [9.17, 15) is 13.2 Å². The third-order valence-corrected chi connectivity index (χ3v) is 4.69. The van der Waals surface area contributed by atoms with Gasteiger partial charge in [-0.1, -0.05) is 25.0 Å². The SMILES string of the molecule is O=C(O)c1ccccc1S(=O)(=O)COC1CCCC1. The summed E-state index contributed by atoms with van der Waals surface area (Å²) in [4.78, 5) is 10.8. The van der Waals surface area contributed by atoms with Gasteiger partial charge in [0.1, 0.15) is 0 Å². The standard InChI is InChI=1S/C13H16O5S/c14-13(15)11-7-3-4-8-12(11)19(16,17)9-18-10-5-1-2-6-10/h3-4,7-8,10H,1-2,5-6,9H2,(H,14,15). The molecule has 1 aliphatic rings. The van der Waals surface area contributed by atoms with Crippen LogP contribution in [0, 0.1) is 0 Å². The molecule has 0 aliphatic heterocycles. The number of rotatable bonds is 5. The first kappa shape index (κ1) is 14.0. The van der Waals surface area contributed by atoms with Crippen LogP contribution < -0.4 is 0 Å². The van der Waals surface area contributed by atoms with Crippen LogP contribution in [-0.2, 0) is 14.6 Å². The average Bonchev–Trinajstić information content (AvgIpc) is 2.89. The normalized spacial score (nSPS) is 16.6. The van der Waals surface area contributed by atoms with Crippen LogP contribution in [-0.4, -0.2) is 31.5 Å². The zero-order valence-corrected chi connectivity index (χ0v) is 11.2. The number of benzene rings is 1. The Labute approximate surface area is 112 Å². The Hall–Kier alpha value is -1.40. The highest BCUT2D eigenvalue weighted by molar-refractivity contribution is 7.91. The summed E-state index contributed by atoms with van der Waals surface area (Å²) in [5.74, 6) is -1.71. The van der Waals surface area contributed by atoms with Gasteiger partial charge in [-0.05, 0) is 25.0 Å². The predicted octanol–water partition coefficient (Wildman–Crippen LogP) is 2.08. The fourth-order valence-corrected chi connectivity index (χ4v) is 3.49. The Bertz CT molecular complexity index is 558. The van der Waals surface area contributed by atoms with Crippen molar-refractivity contribution in [2.24, 2.45) is 0 Å². The molecule has 19 heavy (non-hydrogen) atoms. The molecule has 6 heteroatoms. The Morgan fingerprint density at radius 3 is 2.53 bits per heavy atom. The molecule has 5 nitrogen and oxygen atoms in total. The maximum Gasteiger partial charge on any atom is 0.337 e. The average molecular weight is 284 g/mol. The molecule has 0 bridgehead atoms. The van der Waals surface area contributed by atoms with E-state index >= 15 is 0 Å². The van der Waals surface area contributed by atoms with E-state index in [-0.39, 0.29) is 16.6 Å². The monoisotopic (exact) mass is 284 g/mol. The van der Waals surface area contributed by atoms with Crippen LogP contribution in [0.4, 0.5) is 0 Å². The number of carboxylic acids is 1. The minimum Gasteiger partial charge on any atom is -0.478 e. The van der Waals surface area contributed by atoms with E-state index in [1.54, 1.807) is 0 Å². The Morgan fingerprint density at radius 2 is 1.89 bits per heavy atom. The second kappa shape index (κ2) is 5.71. The van der Waals surface area contributed by atoms with E-state index in [2.05, 4.69) is 0 Å². The van der Waals surface area contributed by atoms with Crippen LogP contribution in [0.3, 0.4) is 0 Å². The van der Waals surface area contributed by atoms with Gasteiger partial charge in [-0.3, -0.25) is 0 Å². The van der Waals surface area contributed by atoms with Gasteiger partial charge in [-0.2, -0.15) is 0 Å². The van der Waals surface area contributed by atoms with Gasteiger partial charge in [0.25, 0.3) is 0 Å². The lowest BCUT2D eigenvalue weighted by molar-refractivity contribution is 0.0692. The lowest BCUT2D eigenvalue weighted by atomic mass is 10.2. The lowest BCUT2D eigenvalue weighted by Gasteiger charge is -2.12. The summed E-state index contributed by atoms with van der Waals surface area (Å²) in [7, 11) is -3.73. The zero-order valence-electron chi connectivity index (χ0n) is 10.4. The summed E-state index contributed by atoms with van der Waals surface area (Å²) >= 11 is 0. The molecule has 0 amide bonds. The first-order valence-electron chi connectivity index (χ1n) is 6.17. The van der Waals surface area contributed by atoms with Crippen molar-refractivity contribution in [3.8, 4) is 0 Å². The highest BCUT2D eigenvalue weighted by Crippen LogP contribution is 2.23. The molecule has 1 aromatic carbocycles. The molecule has 0 aromatic heterocycles. The number of sulfone groups is 1. The van der Waals surface area contributed by atoms with Gasteiger partial charge in [-0.15, -0.1) is 0 Å². The van der Waals surface area contributed by atoms with Gasteiger partial charge < -0.3 is 9.84 Å². The summed E-state index contributed by atoms with van der Waals surface area (Å²) in [5, 5.41) is 9.00. The molecule has 1 fully saturated rings. The predicted molar refractivity (Wildman–Crippen MR) is 68.8 cm³/mol. The van der Waals surface area contributed by atoms with E-state index in [0.29, 0.717) is 0 Å². The van der Waals surface area contributed by atoms with Crippen molar-refractivity contribution in [2.75, 3.05) is 5.94 Å². The summed E-state index contributed by atoms with van der Waals surface area (Å²) in [6, 6.07) is 5.59. The molecule has 1 N–H and O–H groups in total. The number of hydrogen-bond acceptors (Lipinski definition) is 4. The van der Waals surface area contributed by atoms with Gasteiger partial charge in [-0.25, -0.2) is 13.2 Å². The third kappa shape index (κ3) is 3.33. The molecule has 0 heterocycles. The molecule has 1 saturated carbocycles. The summed E-state index contributed by atoms with van der Waals surface area (Å²) in [6.07, 6.45) is 3.82. The van der Waals surface area contributed by atoms with Gasteiger partial charge >= 0.3 is 5.97 Å². The zero-order chi connectivity index (χ0) is 13.9. The molecule has 1 aliphatic carbocycles. The molecule has 0 radical (unpaired) electrons. The minimum absolute atomic E-state index is 0.0215. The first-order chi connectivity index (χ1) is 9.00. The maximum absolute atomic E-state index is 12.1. The van der Waals surface area contributed by atoms with Crippen LogP contribution in [0.2, 0.25) is 0 Å². The molecule has 0 spiro atoms. The molecular formula is C13H16O5S. The Balaban J connectivity index is 2.17. The number of carbonyl (C=O) groups is 1. The Kier molecular flexibility index (Phi) is 4.21. The largest absolute Gasteiger partial charge is 0.478 e. The molecular weight excluding hydrogens is 268 g/mol. The second-order valence-electron chi connectivity index (χ2n) is 4.61. The maximum atomic E-state index is 12.1. The fraction of sp³-hybridized carbons (Fsp3) is 0.462. The molecule has 0 unspecified atom stereocenters. The van der Waals surface area contributed by atoms with Crippen LogP contribution in [0.15, 0.2) is 29.2 Å². The van der Waals surface area contributed by atoms with E-state index in [4.69, 9.17) is 9.84 Å². The number of aromatic carboxylic acids is 1. The number of carboxylic acid groups (broad SMARTS) is 1. The Morgan fingerprint density at radius 1 is 1.26 bits per heavy atom. The topological polar surface area (TPSA) is 80.7 Å². The van der Waals surface area contributed by atoms with Crippen molar-refractivity contribution < 1.29 is 23.1 Å². The van der Waals surface area contributed by atoms with Crippen molar-refractivity contribution in [3.05, 3.63) is 29.8 Å². The summed E-state index contributed by atoms with van der Waals surface area (Å²) in [5.41, 5.74) is -0.211. The quantitative estimate of drug-likeness (QED) is 0.895. The van der Waals surface area contributed by atoms with Gasteiger partial charge in [0.05, 0.1) is 16.6 Å². The van der Waals surface area contributed by atoms with E-state index in [0.717, 1.165) is 25.7 Å². The lowest BCUT2D eigenvalue weighted by Crippen LogP contribution is -2.18. The second-order valence-corrected chi connectivity index (χ2v) is 6.51. The summed E-state index contributed by atoms with van der Waals surface area (Å²) in [6.45, 7) is 0. The highest BCUT2D eigenvalue weighted by Gasteiger charge is 2.24. The van der Waals surface area contributed by atoms with E-state index in [1.165, 1.54) is 24.3 Å². The fourth-order valence-electron chi connectivity index (χ4n) is 2.22. The number of hydrogen-bond donors (Lipinski definition) is 1. The molecule has 1 aromatic rings. The third-order valence-electron chi connectivity index (χ3n) is 3.21. The molecule has 104 valence electrons. The van der Waals surface area contributed by atoms with Gasteiger partial charge in [0.2, 0.25) is 9.84 Å². The minimum atomic E-state index is -3.73. The van der Waals surface area contributed by atoms with Crippen molar-refractivity contribution >= 4 is 15.8 Å². The van der Waals surface area contributed by atoms with E-state index < -0.39 is 21.7 Å². The molecule has 0 atom stereocenters. The van der Waals surface area contributed by atoms with Crippen molar-refractivity contribution in [1.29, 1.82) is 0 Å². The summed E-state index contributed by atoms with van der Waals surface area (Å²) < 4.78 is 29.6. The first-order valence-corrected chi connectivity index (χ1v) is 7.82. The van der Waals surface area contributed by atoms with Gasteiger partial charge in [0, 0.05) is 0 Å². The van der Waals surface area contributed by atoms with Crippen LogP contribution in [0.25, 0.3) is 0 Å². The van der Waals surface area contributed by atoms with Crippen LogP contribution in [0.5, 0.6) is 0 Å². The number of ether oxygens (including phenoxy) is 1. The highest BCUT2D eigenvalue weighted by atomic mass is 32.2.